The molecule has 0 aliphatic carbocycles. The largest absolute Gasteiger partial charge is 0.480 e. The van der Waals surface area contributed by atoms with Gasteiger partial charge >= 0.3 is 18.2 Å². The number of carbonyl (C=O) groups is 3. The number of nitrogens with one attached hydrogen (secondary N) is 2. The Morgan fingerprint density at radius 2 is 1.64 bits per heavy atom. The number of aromatic nitrogens is 2. The summed E-state index contributed by atoms with van der Waals surface area (Å²) in [5, 5.41) is 18.0. The minimum atomic E-state index is -4.90. The van der Waals surface area contributed by atoms with Gasteiger partial charge in [0.2, 0.25) is 5.82 Å². The number of hydrogen-bond donors (Lipinski definition) is 3. The molecule has 0 radical (unpaired) electrons. The molecule has 5 rings (SSSR count). The maximum atomic E-state index is 15.3. The summed E-state index contributed by atoms with van der Waals surface area (Å²) in [6, 6.07) is 15.3. The third-order valence-corrected chi connectivity index (χ3v) is 7.11. The summed E-state index contributed by atoms with van der Waals surface area (Å²) in [7, 11) is 0. The molecule has 5 aromatic rings. The summed E-state index contributed by atoms with van der Waals surface area (Å²) in [6.07, 6.45) is -6.18. The Morgan fingerprint density at radius 3 is 2.28 bits per heavy atom. The molecule has 0 fully saturated rings. The van der Waals surface area contributed by atoms with Crippen molar-refractivity contribution in [3.63, 3.8) is 0 Å². The minimum absolute atomic E-state index is 0.121. The van der Waals surface area contributed by atoms with E-state index in [0.29, 0.717) is 11.8 Å². The van der Waals surface area contributed by atoms with Gasteiger partial charge in [0.15, 0.2) is 5.76 Å². The molecule has 0 saturated carbocycles. The van der Waals surface area contributed by atoms with Crippen molar-refractivity contribution in [2.45, 2.75) is 51.9 Å². The third kappa shape index (κ3) is 8.53. The van der Waals surface area contributed by atoms with Crippen LogP contribution >= 0.6 is 0 Å². The number of hydrogen-bond acceptors (Lipinski definition) is 8. The van der Waals surface area contributed by atoms with E-state index in [2.05, 4.69) is 20.8 Å². The van der Waals surface area contributed by atoms with Crippen molar-refractivity contribution in [2.75, 3.05) is 5.32 Å². The molecular formula is C35H30F4N4O7. The summed E-state index contributed by atoms with van der Waals surface area (Å²) < 4.78 is 73.1. The van der Waals surface area contributed by atoms with Crippen LogP contribution in [0.25, 0.3) is 34.2 Å². The van der Waals surface area contributed by atoms with Crippen LogP contribution in [0.3, 0.4) is 0 Å². The number of nitrogens with zero attached hydrogens (tertiary/aromatic N) is 2. The van der Waals surface area contributed by atoms with E-state index in [1.54, 1.807) is 26.8 Å². The molecule has 1 unspecified atom stereocenters. The number of carboxylic acids is 1. The molecule has 15 heteroatoms. The van der Waals surface area contributed by atoms with Crippen LogP contribution in [0.15, 0.2) is 81.7 Å². The number of benzene rings is 3. The number of ether oxygens (including phenoxy) is 1. The summed E-state index contributed by atoms with van der Waals surface area (Å²) in [4.78, 5) is 40.8. The zero-order chi connectivity index (χ0) is 36.4. The fraction of sp³-hybridized carbons (Fsp3) is 0.229. The van der Waals surface area contributed by atoms with E-state index in [0.717, 1.165) is 23.3 Å². The molecule has 2 amide bonds. The van der Waals surface area contributed by atoms with Gasteiger partial charge in [-0.3, -0.25) is 10.1 Å². The second kappa shape index (κ2) is 13.9. The maximum absolute atomic E-state index is 15.3. The lowest BCUT2D eigenvalue weighted by Gasteiger charge is -2.20. The smallest absolute Gasteiger partial charge is 0.417 e. The molecule has 0 bridgehead atoms. The first kappa shape index (κ1) is 35.3. The number of carbonyl (C=O) groups excluding carboxylic acids is 2. The van der Waals surface area contributed by atoms with Gasteiger partial charge in [-0.1, -0.05) is 41.1 Å². The molecule has 2 heterocycles. The standard InChI is InChI=1S/C35H30F4N4O7/c1-18-5-8-20(9-6-18)27-13-14-28(48-27)30(44)41-26(32(45)46)16-19-7-11-23(25(36)15-19)29-42-31(50-43-29)22-12-10-21(17-24(22)35(37,38)39)40-33(47)49-34(2,3)4/h5-15,17,26H,16H2,1-4H3,(H,40,47)(H,41,44)(H,45,46). The van der Waals surface area contributed by atoms with E-state index in [-0.39, 0.29) is 34.8 Å². The number of furan rings is 1. The Bertz CT molecular complexity index is 2050. The summed E-state index contributed by atoms with van der Waals surface area (Å²) >= 11 is 0. The van der Waals surface area contributed by atoms with Crippen molar-refractivity contribution in [1.82, 2.24) is 15.5 Å². The molecule has 260 valence electrons. The Hall–Kier alpha value is -5.99. The van der Waals surface area contributed by atoms with Gasteiger partial charge in [0, 0.05) is 17.7 Å². The quantitative estimate of drug-likeness (QED) is 0.131. The molecule has 3 aromatic carbocycles. The molecule has 0 spiro atoms. The van der Waals surface area contributed by atoms with Gasteiger partial charge < -0.3 is 24.1 Å². The van der Waals surface area contributed by atoms with Gasteiger partial charge in [0.05, 0.1) is 16.7 Å². The van der Waals surface area contributed by atoms with Crippen LogP contribution in [0.5, 0.6) is 0 Å². The van der Waals surface area contributed by atoms with E-state index in [1.165, 1.54) is 24.3 Å². The van der Waals surface area contributed by atoms with Gasteiger partial charge in [-0.05, 0) is 75.7 Å². The monoisotopic (exact) mass is 694 g/mol. The number of carboxylic acid groups (broad SMARTS) is 1. The molecule has 3 N–H and O–H groups in total. The average Bonchev–Trinajstić information content (AvgIpc) is 3.71. The van der Waals surface area contributed by atoms with Gasteiger partial charge in [-0.15, -0.1) is 0 Å². The maximum Gasteiger partial charge on any atom is 0.417 e. The molecule has 0 saturated heterocycles. The molecule has 1 atom stereocenters. The highest BCUT2D eigenvalue weighted by Gasteiger charge is 2.36. The van der Waals surface area contributed by atoms with Crippen molar-refractivity contribution in [2.24, 2.45) is 0 Å². The lowest BCUT2D eigenvalue weighted by molar-refractivity contribution is -0.139. The second-order valence-electron chi connectivity index (χ2n) is 12.2. The molecule has 2 aromatic heterocycles. The molecule has 11 nitrogen and oxygen atoms in total. The zero-order valence-corrected chi connectivity index (χ0v) is 27.0. The van der Waals surface area contributed by atoms with Crippen LogP contribution in [-0.2, 0) is 22.1 Å². The number of alkyl halides is 3. The molecule has 0 aliphatic heterocycles. The molecule has 50 heavy (non-hydrogen) atoms. The Morgan fingerprint density at radius 1 is 0.940 bits per heavy atom. The van der Waals surface area contributed by atoms with Crippen LogP contribution in [0.2, 0.25) is 0 Å². The van der Waals surface area contributed by atoms with Crippen LogP contribution < -0.4 is 10.6 Å². The first-order valence-electron chi connectivity index (χ1n) is 15.0. The summed E-state index contributed by atoms with van der Waals surface area (Å²) in [5.74, 6) is -3.76. The number of rotatable bonds is 9. The fourth-order valence-electron chi connectivity index (χ4n) is 4.77. The Balaban J connectivity index is 1.31. The first-order valence-corrected chi connectivity index (χ1v) is 15.0. The molecule has 0 aliphatic rings. The normalized spacial score (nSPS) is 12.3. The predicted molar refractivity (Wildman–Crippen MR) is 171 cm³/mol. The van der Waals surface area contributed by atoms with E-state index < -0.39 is 58.6 Å². The lowest BCUT2D eigenvalue weighted by Crippen LogP contribution is -2.42. The average molecular weight is 695 g/mol. The van der Waals surface area contributed by atoms with Gasteiger partial charge in [0.25, 0.3) is 11.8 Å². The predicted octanol–water partition coefficient (Wildman–Crippen LogP) is 7.90. The minimum Gasteiger partial charge on any atom is -0.480 e. The highest BCUT2D eigenvalue weighted by atomic mass is 19.4. The van der Waals surface area contributed by atoms with Crippen LogP contribution in [0, 0.1) is 12.7 Å². The fourth-order valence-corrected chi connectivity index (χ4v) is 4.77. The van der Waals surface area contributed by atoms with E-state index >= 15 is 4.39 Å². The van der Waals surface area contributed by atoms with Crippen molar-refractivity contribution < 1.29 is 50.7 Å². The van der Waals surface area contributed by atoms with Crippen LogP contribution in [-0.4, -0.2) is 44.9 Å². The SMILES string of the molecule is Cc1ccc(-c2ccc(C(=O)NC(Cc3ccc(-c4noc(-c5ccc(NC(=O)OC(C)(C)C)cc5C(F)(F)F)n4)c(F)c3)C(=O)O)o2)cc1. The van der Waals surface area contributed by atoms with Gasteiger partial charge in [-0.25, -0.2) is 14.0 Å². The second-order valence-corrected chi connectivity index (χ2v) is 12.2. The number of anilines is 1. The van der Waals surface area contributed by atoms with Crippen molar-refractivity contribution in [3.8, 4) is 34.2 Å². The summed E-state index contributed by atoms with van der Waals surface area (Å²) in [5.41, 5.74) is -1.13. The first-order chi connectivity index (χ1) is 23.5. The third-order valence-electron chi connectivity index (χ3n) is 7.11. The van der Waals surface area contributed by atoms with Crippen molar-refractivity contribution in [3.05, 3.63) is 101 Å². The number of halogens is 4. The van der Waals surface area contributed by atoms with Crippen LogP contribution in [0.1, 0.15) is 48.0 Å². The van der Waals surface area contributed by atoms with Crippen LogP contribution in [0.4, 0.5) is 28.0 Å². The summed E-state index contributed by atoms with van der Waals surface area (Å²) in [6.45, 7) is 6.71. The number of aliphatic carboxylic acids is 1. The van der Waals surface area contributed by atoms with E-state index in [9.17, 15) is 32.7 Å². The Labute approximate surface area is 282 Å². The highest BCUT2D eigenvalue weighted by molar-refractivity contribution is 5.95. The van der Waals surface area contributed by atoms with Crippen molar-refractivity contribution in [1.29, 1.82) is 0 Å². The van der Waals surface area contributed by atoms with E-state index in [1.807, 2.05) is 31.2 Å². The zero-order valence-electron chi connectivity index (χ0n) is 27.0. The van der Waals surface area contributed by atoms with Crippen molar-refractivity contribution >= 4 is 23.7 Å². The Kier molecular flexibility index (Phi) is 9.79. The number of amides is 2. The topological polar surface area (TPSA) is 157 Å². The van der Waals surface area contributed by atoms with Gasteiger partial charge in [0.1, 0.15) is 23.2 Å². The van der Waals surface area contributed by atoms with E-state index in [4.69, 9.17) is 13.7 Å². The lowest BCUT2D eigenvalue weighted by atomic mass is 10.0. The van der Waals surface area contributed by atoms with Gasteiger partial charge in [-0.2, -0.15) is 18.2 Å². The molecular weight excluding hydrogens is 664 g/mol. The number of aryl methyl sites for hydroxylation is 1. The highest BCUT2D eigenvalue weighted by Crippen LogP contribution is 2.39.